The van der Waals surface area contributed by atoms with Gasteiger partial charge in [-0.15, -0.1) is 20.4 Å². The van der Waals surface area contributed by atoms with Crippen molar-refractivity contribution >= 4 is 16.5 Å². The van der Waals surface area contributed by atoms with Gasteiger partial charge in [-0.2, -0.15) is 0 Å². The van der Waals surface area contributed by atoms with Gasteiger partial charge in [-0.25, -0.2) is 8.78 Å². The molecule has 6 nitrogen and oxygen atoms in total. The van der Waals surface area contributed by atoms with Crippen molar-refractivity contribution in [1.29, 1.82) is 0 Å². The summed E-state index contributed by atoms with van der Waals surface area (Å²) in [6.45, 7) is 1.74. The highest BCUT2D eigenvalue weighted by atomic mass is 32.1. The molecule has 0 radical (unpaired) electrons. The maximum atomic E-state index is 12.7. The van der Waals surface area contributed by atoms with Crippen molar-refractivity contribution in [3.8, 4) is 0 Å². The van der Waals surface area contributed by atoms with Gasteiger partial charge in [0.1, 0.15) is 5.82 Å². The Bertz CT molecular complexity index is 669. The van der Waals surface area contributed by atoms with Gasteiger partial charge in [0.05, 0.1) is 6.04 Å². The monoisotopic (exact) mass is 326 g/mol. The highest BCUT2D eigenvalue weighted by Crippen LogP contribution is 2.38. The molecule has 1 saturated heterocycles. The van der Waals surface area contributed by atoms with Crippen molar-refractivity contribution in [3.05, 3.63) is 16.7 Å². The number of fused-ring (bicyclic) bond motifs is 1. The zero-order valence-corrected chi connectivity index (χ0v) is 12.8. The SMILES string of the molecule is FC(F)c1nnc(N2CCC[C@H]2c2nnc3n2CCCC3)s1. The average Bonchev–Trinajstić information content (AvgIpc) is 3.24. The Labute approximate surface area is 130 Å². The van der Waals surface area contributed by atoms with Crippen LogP contribution in [0.1, 0.15) is 54.8 Å². The highest BCUT2D eigenvalue weighted by molar-refractivity contribution is 7.15. The van der Waals surface area contributed by atoms with E-state index in [9.17, 15) is 8.78 Å². The number of anilines is 1. The third-order valence-electron chi connectivity index (χ3n) is 4.30. The van der Waals surface area contributed by atoms with Crippen molar-refractivity contribution in [2.24, 2.45) is 0 Å². The summed E-state index contributed by atoms with van der Waals surface area (Å²) in [7, 11) is 0. The van der Waals surface area contributed by atoms with Gasteiger partial charge < -0.3 is 9.47 Å². The summed E-state index contributed by atoms with van der Waals surface area (Å²) in [5, 5.41) is 16.6. The van der Waals surface area contributed by atoms with Gasteiger partial charge >= 0.3 is 0 Å². The Morgan fingerprint density at radius 2 is 1.95 bits per heavy atom. The maximum Gasteiger partial charge on any atom is 0.291 e. The van der Waals surface area contributed by atoms with Crippen LogP contribution in [0.4, 0.5) is 13.9 Å². The highest BCUT2D eigenvalue weighted by Gasteiger charge is 2.34. The van der Waals surface area contributed by atoms with Crippen LogP contribution < -0.4 is 4.90 Å². The van der Waals surface area contributed by atoms with Crippen LogP contribution in [0.2, 0.25) is 0 Å². The first-order valence-electron chi connectivity index (χ1n) is 7.54. The Morgan fingerprint density at radius 1 is 1.05 bits per heavy atom. The third kappa shape index (κ3) is 2.27. The molecule has 2 aliphatic heterocycles. The van der Waals surface area contributed by atoms with Crippen molar-refractivity contribution < 1.29 is 8.78 Å². The first-order chi connectivity index (χ1) is 10.7. The van der Waals surface area contributed by atoms with E-state index in [0.717, 1.165) is 68.2 Å². The van der Waals surface area contributed by atoms with Gasteiger partial charge in [-0.1, -0.05) is 11.3 Å². The molecule has 9 heteroatoms. The third-order valence-corrected chi connectivity index (χ3v) is 5.27. The summed E-state index contributed by atoms with van der Waals surface area (Å²) in [6, 6.07) is 0.0674. The standard InChI is InChI=1S/C13H16F2N6S/c14-10(15)12-18-19-13(22-12)20-7-3-4-8(20)11-17-16-9-5-1-2-6-21(9)11/h8,10H,1-7H2/t8-/m0/s1. The molecule has 1 fully saturated rings. The van der Waals surface area contributed by atoms with E-state index < -0.39 is 6.43 Å². The second-order valence-corrected chi connectivity index (χ2v) is 6.65. The summed E-state index contributed by atoms with van der Waals surface area (Å²) in [6.07, 6.45) is 2.64. The zero-order chi connectivity index (χ0) is 15.1. The Balaban J connectivity index is 1.64. The molecule has 4 heterocycles. The average molecular weight is 326 g/mol. The number of hydrogen-bond donors (Lipinski definition) is 0. The molecule has 118 valence electrons. The van der Waals surface area contributed by atoms with Gasteiger partial charge in [0.2, 0.25) is 5.13 Å². The van der Waals surface area contributed by atoms with E-state index in [4.69, 9.17) is 0 Å². The van der Waals surface area contributed by atoms with E-state index >= 15 is 0 Å². The molecule has 2 aliphatic rings. The van der Waals surface area contributed by atoms with Crippen molar-refractivity contribution in [3.63, 3.8) is 0 Å². The number of halogens is 2. The fraction of sp³-hybridized carbons (Fsp3) is 0.692. The zero-order valence-electron chi connectivity index (χ0n) is 12.0. The molecule has 0 aliphatic carbocycles. The van der Waals surface area contributed by atoms with E-state index in [1.807, 2.05) is 0 Å². The number of aryl methyl sites for hydroxylation is 1. The minimum atomic E-state index is -2.56. The molecule has 0 N–H and O–H groups in total. The summed E-state index contributed by atoms with van der Waals surface area (Å²) in [4.78, 5) is 2.05. The molecule has 0 aromatic carbocycles. The number of aromatic nitrogens is 5. The van der Waals surface area contributed by atoms with Crippen molar-refractivity contribution in [2.75, 3.05) is 11.4 Å². The first-order valence-corrected chi connectivity index (χ1v) is 8.36. The van der Waals surface area contributed by atoms with Crippen LogP contribution in [0.25, 0.3) is 0 Å². The molecular weight excluding hydrogens is 310 g/mol. The van der Waals surface area contributed by atoms with Crippen LogP contribution in [-0.2, 0) is 13.0 Å². The van der Waals surface area contributed by atoms with Gasteiger partial charge in [-0.05, 0) is 25.7 Å². The normalized spacial score (nSPS) is 21.6. The Kier molecular flexibility index (Phi) is 3.51. The van der Waals surface area contributed by atoms with E-state index in [1.54, 1.807) is 0 Å². The predicted molar refractivity (Wildman–Crippen MR) is 77.1 cm³/mol. The molecule has 0 bridgehead atoms. The Hall–Kier alpha value is -1.64. The molecule has 2 aromatic heterocycles. The molecular formula is C13H16F2N6S. The summed E-state index contributed by atoms with van der Waals surface area (Å²) in [5.74, 6) is 1.99. The molecule has 2 aromatic rings. The molecule has 0 saturated carbocycles. The fourth-order valence-corrected chi connectivity index (χ4v) is 4.05. The molecule has 0 spiro atoms. The molecule has 0 unspecified atom stereocenters. The fourth-order valence-electron chi connectivity index (χ4n) is 3.27. The lowest BCUT2D eigenvalue weighted by Gasteiger charge is -2.24. The molecule has 4 rings (SSSR count). The Morgan fingerprint density at radius 3 is 2.77 bits per heavy atom. The summed E-state index contributed by atoms with van der Waals surface area (Å²) < 4.78 is 27.6. The van der Waals surface area contributed by atoms with Crippen molar-refractivity contribution in [1.82, 2.24) is 25.0 Å². The van der Waals surface area contributed by atoms with Crippen LogP contribution in [0, 0.1) is 0 Å². The van der Waals surface area contributed by atoms with E-state index in [0.29, 0.717) is 5.13 Å². The minimum Gasteiger partial charge on any atom is -0.336 e. The first kappa shape index (κ1) is 14.0. The van der Waals surface area contributed by atoms with Gasteiger partial charge in [-0.3, -0.25) is 0 Å². The van der Waals surface area contributed by atoms with Gasteiger partial charge in [0.15, 0.2) is 10.8 Å². The molecule has 22 heavy (non-hydrogen) atoms. The van der Waals surface area contributed by atoms with Crippen LogP contribution in [0.15, 0.2) is 0 Å². The molecule has 0 amide bonds. The van der Waals surface area contributed by atoms with E-state index in [2.05, 4.69) is 29.9 Å². The lowest BCUT2D eigenvalue weighted by atomic mass is 10.1. The second-order valence-electron chi connectivity index (χ2n) is 5.66. The van der Waals surface area contributed by atoms with Gasteiger partial charge in [0, 0.05) is 19.5 Å². The number of hydrogen-bond acceptors (Lipinski definition) is 6. The summed E-state index contributed by atoms with van der Waals surface area (Å²) in [5.41, 5.74) is 0. The van der Waals surface area contributed by atoms with Crippen LogP contribution in [-0.4, -0.2) is 31.5 Å². The largest absolute Gasteiger partial charge is 0.336 e. The summed E-state index contributed by atoms with van der Waals surface area (Å²) >= 11 is 0.973. The lowest BCUT2D eigenvalue weighted by Crippen LogP contribution is -2.26. The smallest absolute Gasteiger partial charge is 0.291 e. The number of rotatable bonds is 3. The van der Waals surface area contributed by atoms with Crippen molar-refractivity contribution in [2.45, 2.75) is 51.1 Å². The topological polar surface area (TPSA) is 59.7 Å². The lowest BCUT2D eigenvalue weighted by molar-refractivity contribution is 0.150. The van der Waals surface area contributed by atoms with Crippen LogP contribution in [0.3, 0.4) is 0 Å². The predicted octanol–water partition coefficient (Wildman–Crippen LogP) is 2.75. The van der Waals surface area contributed by atoms with Crippen LogP contribution in [0.5, 0.6) is 0 Å². The van der Waals surface area contributed by atoms with Gasteiger partial charge in [0.25, 0.3) is 6.43 Å². The number of nitrogens with zero attached hydrogens (tertiary/aromatic N) is 6. The quantitative estimate of drug-likeness (QED) is 0.868. The van der Waals surface area contributed by atoms with E-state index in [1.165, 1.54) is 0 Å². The molecule has 1 atom stereocenters. The maximum absolute atomic E-state index is 12.7. The number of alkyl halides is 2. The minimum absolute atomic E-state index is 0.0674. The van der Waals surface area contributed by atoms with E-state index in [-0.39, 0.29) is 11.0 Å². The van der Waals surface area contributed by atoms with Crippen LogP contribution >= 0.6 is 11.3 Å². The second kappa shape index (κ2) is 5.53.